The van der Waals surface area contributed by atoms with Crippen LogP contribution in [0.15, 0.2) is 0 Å². The van der Waals surface area contributed by atoms with E-state index in [1.807, 2.05) is 0 Å². The molecule has 4 amide bonds. The first-order chi connectivity index (χ1) is 22.8. The van der Waals surface area contributed by atoms with Crippen molar-refractivity contribution < 1.29 is 63.1 Å². The summed E-state index contributed by atoms with van der Waals surface area (Å²) in [4.78, 5) is 94.3. The lowest BCUT2D eigenvalue weighted by Gasteiger charge is -2.28. The Balaban J connectivity index is 2.46. The molecule has 1 rings (SSSR count). The van der Waals surface area contributed by atoms with Crippen molar-refractivity contribution in [3.05, 3.63) is 0 Å². The molecule has 1 aliphatic carbocycles. The molecule has 0 bridgehead atoms. The molecular weight excluding hydrogens is 636 g/mol. The van der Waals surface area contributed by atoms with Crippen molar-refractivity contribution in [3.8, 4) is 0 Å². The predicted octanol–water partition coefficient (Wildman–Crippen LogP) is -0.00840. The van der Waals surface area contributed by atoms with Crippen LogP contribution in [-0.4, -0.2) is 114 Å². The maximum Gasteiger partial charge on any atom is 0.326 e. The van der Waals surface area contributed by atoms with E-state index in [-0.39, 0.29) is 89.1 Å². The molecule has 0 unspecified atom stereocenters. The van der Waals surface area contributed by atoms with E-state index >= 15 is 0 Å². The van der Waals surface area contributed by atoms with E-state index < -0.39 is 60.1 Å². The van der Waals surface area contributed by atoms with Crippen molar-refractivity contribution in [3.63, 3.8) is 0 Å². The van der Waals surface area contributed by atoms with Crippen molar-refractivity contribution in [2.45, 2.75) is 96.1 Å². The Hall–Kier alpha value is -4.12. The van der Waals surface area contributed by atoms with Crippen LogP contribution in [0.1, 0.15) is 84.0 Å². The van der Waals surface area contributed by atoms with Gasteiger partial charge in [-0.05, 0) is 57.8 Å². The third kappa shape index (κ3) is 20.2. The fraction of sp³-hybridized carbons (Fsp3) is 0.742. The number of carboxylic acids is 3. The molecule has 272 valence electrons. The summed E-state index contributed by atoms with van der Waals surface area (Å²) < 4.78 is 10.6. The third-order valence-corrected chi connectivity index (χ3v) is 7.69. The molecule has 1 fully saturated rings. The third-order valence-electron chi connectivity index (χ3n) is 7.69. The Kier molecular flexibility index (Phi) is 21.0. The Morgan fingerprint density at radius 3 is 1.90 bits per heavy atom. The van der Waals surface area contributed by atoms with E-state index in [2.05, 4.69) is 21.3 Å². The molecule has 0 heterocycles. The van der Waals surface area contributed by atoms with Gasteiger partial charge >= 0.3 is 17.9 Å². The molecule has 17 nitrogen and oxygen atoms in total. The zero-order valence-corrected chi connectivity index (χ0v) is 27.5. The molecular formula is C31H50N4O13. The van der Waals surface area contributed by atoms with Crippen molar-refractivity contribution >= 4 is 47.3 Å². The lowest BCUT2D eigenvalue weighted by atomic mass is 9.81. The smallest absolute Gasteiger partial charge is 0.326 e. The van der Waals surface area contributed by atoms with Gasteiger partial charge in [0.25, 0.3) is 0 Å². The number of carbonyl (C=O) groups excluding carboxylic acids is 5. The van der Waals surface area contributed by atoms with Crippen LogP contribution >= 0.6 is 0 Å². The highest BCUT2D eigenvalue weighted by atomic mass is 16.5. The summed E-state index contributed by atoms with van der Waals surface area (Å²) in [5.41, 5.74) is 0. The van der Waals surface area contributed by atoms with E-state index in [1.165, 1.54) is 6.92 Å². The van der Waals surface area contributed by atoms with E-state index in [9.17, 15) is 43.5 Å². The van der Waals surface area contributed by atoms with Crippen LogP contribution in [0.5, 0.6) is 0 Å². The number of ether oxygens (including phenoxy) is 2. The van der Waals surface area contributed by atoms with Crippen LogP contribution in [0.3, 0.4) is 0 Å². The second kappa shape index (κ2) is 24.1. The van der Waals surface area contributed by atoms with Gasteiger partial charge in [0.2, 0.25) is 23.6 Å². The number of rotatable bonds is 26. The van der Waals surface area contributed by atoms with Gasteiger partial charge < -0.3 is 46.1 Å². The first kappa shape index (κ1) is 41.9. The normalized spacial score (nSPS) is 16.9. The van der Waals surface area contributed by atoms with Gasteiger partial charge in [-0.15, -0.1) is 0 Å². The summed E-state index contributed by atoms with van der Waals surface area (Å²) in [7, 11) is 0. The number of nitrogens with one attached hydrogen (secondary N) is 4. The van der Waals surface area contributed by atoms with E-state index in [0.29, 0.717) is 38.6 Å². The Morgan fingerprint density at radius 1 is 0.667 bits per heavy atom. The average molecular weight is 687 g/mol. The lowest BCUT2D eigenvalue weighted by Crippen LogP contribution is -2.48. The summed E-state index contributed by atoms with van der Waals surface area (Å²) in [6.45, 7) is 2.84. The van der Waals surface area contributed by atoms with E-state index in [0.717, 1.165) is 0 Å². The second-order valence-corrected chi connectivity index (χ2v) is 11.7. The molecule has 7 N–H and O–H groups in total. The highest BCUT2D eigenvalue weighted by molar-refractivity contribution is 5.89. The zero-order chi connectivity index (χ0) is 35.9. The standard InChI is InChI=1S/C31H50N4O13/c1-20(36)13-15-47-17-18-48-16-14-32-30(44)23(10-12-28(41)42)34-26(38)11-9-24(31(45)46)35-29(43)22-7-5-21(6-8-22)19-33-25(37)3-2-4-27(39)40/h21-24H,2-19H2,1H3,(H,32,44)(H,33,37)(H,34,38)(H,35,43)(H,39,40)(H,41,42)(H,45,46)/t21-,22+,23-,24-/m0/s1. The van der Waals surface area contributed by atoms with Crippen LogP contribution in [0, 0.1) is 11.8 Å². The molecule has 0 radical (unpaired) electrons. The van der Waals surface area contributed by atoms with Gasteiger partial charge in [-0.25, -0.2) is 4.79 Å². The first-order valence-corrected chi connectivity index (χ1v) is 16.2. The SMILES string of the molecule is CC(=O)CCOCCOCCNC(=O)[C@H](CCC(=O)O)NC(=O)CC[C@H](NC(=O)[C@H]1CC[C@@H](CNC(=O)CCCC(=O)O)CC1)C(=O)O. The number of amides is 4. The van der Waals surface area contributed by atoms with Crippen LogP contribution in [0.4, 0.5) is 0 Å². The number of Topliss-reactive ketones (excluding diaryl/α,β-unsaturated/α-hetero) is 1. The molecule has 0 aromatic heterocycles. The van der Waals surface area contributed by atoms with Gasteiger partial charge in [0, 0.05) is 51.1 Å². The molecule has 1 aliphatic rings. The Labute approximate surface area is 279 Å². The molecule has 48 heavy (non-hydrogen) atoms. The Bertz CT molecular complexity index is 1090. The van der Waals surface area contributed by atoms with Crippen LogP contribution < -0.4 is 21.3 Å². The lowest BCUT2D eigenvalue weighted by molar-refractivity contribution is -0.143. The topological polar surface area (TPSA) is 264 Å². The highest BCUT2D eigenvalue weighted by Crippen LogP contribution is 2.28. The predicted molar refractivity (Wildman–Crippen MR) is 167 cm³/mol. The summed E-state index contributed by atoms with van der Waals surface area (Å²) in [6, 6.07) is -2.55. The second-order valence-electron chi connectivity index (χ2n) is 11.7. The van der Waals surface area contributed by atoms with Gasteiger partial charge in [0.15, 0.2) is 0 Å². The number of ketones is 1. The number of hydrogen-bond acceptors (Lipinski definition) is 10. The summed E-state index contributed by atoms with van der Waals surface area (Å²) in [5.74, 6) is -5.77. The van der Waals surface area contributed by atoms with Crippen molar-refractivity contribution in [2.75, 3.05) is 39.5 Å². The van der Waals surface area contributed by atoms with Crippen molar-refractivity contribution in [2.24, 2.45) is 11.8 Å². The maximum absolute atomic E-state index is 12.8. The van der Waals surface area contributed by atoms with E-state index in [1.54, 1.807) is 0 Å². The number of carbonyl (C=O) groups is 8. The summed E-state index contributed by atoms with van der Waals surface area (Å²) >= 11 is 0. The molecule has 0 aliphatic heterocycles. The molecule has 17 heteroatoms. The van der Waals surface area contributed by atoms with Crippen LogP contribution in [-0.2, 0) is 47.8 Å². The quantitative estimate of drug-likeness (QED) is 0.0591. The minimum Gasteiger partial charge on any atom is -0.481 e. The van der Waals surface area contributed by atoms with Crippen molar-refractivity contribution in [1.29, 1.82) is 0 Å². The van der Waals surface area contributed by atoms with Gasteiger partial charge in [-0.3, -0.25) is 33.6 Å². The van der Waals surface area contributed by atoms with Crippen LogP contribution in [0.25, 0.3) is 0 Å². The molecule has 1 saturated carbocycles. The molecule has 0 spiro atoms. The zero-order valence-electron chi connectivity index (χ0n) is 27.5. The Morgan fingerprint density at radius 2 is 1.29 bits per heavy atom. The summed E-state index contributed by atoms with van der Waals surface area (Å²) in [5, 5.41) is 37.6. The van der Waals surface area contributed by atoms with E-state index in [4.69, 9.17) is 19.7 Å². The largest absolute Gasteiger partial charge is 0.481 e. The van der Waals surface area contributed by atoms with Crippen LogP contribution in [0.2, 0.25) is 0 Å². The summed E-state index contributed by atoms with van der Waals surface area (Å²) in [6.07, 6.45) is 1.62. The maximum atomic E-state index is 12.8. The average Bonchev–Trinajstić information content (AvgIpc) is 3.02. The monoisotopic (exact) mass is 686 g/mol. The fourth-order valence-corrected chi connectivity index (χ4v) is 4.91. The highest BCUT2D eigenvalue weighted by Gasteiger charge is 2.30. The number of carboxylic acid groups (broad SMARTS) is 3. The van der Waals surface area contributed by atoms with Gasteiger partial charge in [-0.1, -0.05) is 0 Å². The number of hydrogen-bond donors (Lipinski definition) is 7. The molecule has 0 aromatic carbocycles. The fourth-order valence-electron chi connectivity index (χ4n) is 4.91. The first-order valence-electron chi connectivity index (χ1n) is 16.2. The minimum absolute atomic E-state index is 0.0115. The molecule has 0 saturated heterocycles. The molecule has 0 aromatic rings. The van der Waals surface area contributed by atoms with Gasteiger partial charge in [0.05, 0.1) is 26.4 Å². The molecule has 2 atom stereocenters. The number of aliphatic carboxylic acids is 3. The van der Waals surface area contributed by atoms with Gasteiger partial charge in [0.1, 0.15) is 17.9 Å². The van der Waals surface area contributed by atoms with Gasteiger partial charge in [-0.2, -0.15) is 0 Å². The van der Waals surface area contributed by atoms with Crippen molar-refractivity contribution in [1.82, 2.24) is 21.3 Å². The minimum atomic E-state index is -1.36.